The van der Waals surface area contributed by atoms with Crippen LogP contribution in [-0.2, 0) is 4.79 Å². The van der Waals surface area contributed by atoms with Crippen molar-refractivity contribution in [2.24, 2.45) is 0 Å². The lowest BCUT2D eigenvalue weighted by Gasteiger charge is -2.11. The van der Waals surface area contributed by atoms with Crippen LogP contribution in [-0.4, -0.2) is 25.5 Å². The van der Waals surface area contributed by atoms with E-state index in [1.165, 1.54) is 7.11 Å². The smallest absolute Gasteiger partial charge is 0.251 e. The van der Waals surface area contributed by atoms with Crippen LogP contribution in [0, 0.1) is 0 Å². The van der Waals surface area contributed by atoms with Crippen molar-refractivity contribution in [1.82, 2.24) is 5.32 Å². The third kappa shape index (κ3) is 4.99. The molecule has 6 heteroatoms. The first kappa shape index (κ1) is 17.8. The lowest BCUT2D eigenvalue weighted by atomic mass is 10.2. The number of ether oxygens (including phenoxy) is 1. The van der Waals surface area contributed by atoms with Gasteiger partial charge in [0.25, 0.3) is 5.91 Å². The van der Waals surface area contributed by atoms with Crippen molar-refractivity contribution in [3.63, 3.8) is 0 Å². The second-order valence-electron chi connectivity index (χ2n) is 5.09. The summed E-state index contributed by atoms with van der Waals surface area (Å²) in [5, 5.41) is 5.98. The van der Waals surface area contributed by atoms with E-state index in [0.29, 0.717) is 35.0 Å². The molecule has 0 aliphatic heterocycles. The highest BCUT2D eigenvalue weighted by Gasteiger charge is 2.10. The van der Waals surface area contributed by atoms with E-state index < -0.39 is 0 Å². The van der Waals surface area contributed by atoms with Gasteiger partial charge in [-0.05, 0) is 30.7 Å². The maximum absolute atomic E-state index is 12.0. The van der Waals surface area contributed by atoms with E-state index in [4.69, 9.17) is 16.3 Å². The molecule has 0 fully saturated rings. The van der Waals surface area contributed by atoms with E-state index in [1.807, 2.05) is 6.07 Å². The molecule has 2 N–H and O–H groups in total. The van der Waals surface area contributed by atoms with Gasteiger partial charge in [-0.2, -0.15) is 0 Å². The molecule has 0 aliphatic carbocycles. The number of nitrogens with one attached hydrogen (secondary N) is 2. The van der Waals surface area contributed by atoms with Gasteiger partial charge in [-0.15, -0.1) is 0 Å². The van der Waals surface area contributed by atoms with Gasteiger partial charge in [0, 0.05) is 18.5 Å². The minimum atomic E-state index is -0.162. The van der Waals surface area contributed by atoms with Crippen LogP contribution in [0.25, 0.3) is 0 Å². The molecule has 0 bridgehead atoms. The summed E-state index contributed by atoms with van der Waals surface area (Å²) in [4.78, 5) is 23.8. The molecule has 0 unspecified atom stereocenters. The molecule has 2 amide bonds. The number of amides is 2. The average Bonchev–Trinajstić information content (AvgIpc) is 2.59. The van der Waals surface area contributed by atoms with Crippen molar-refractivity contribution in [1.29, 1.82) is 0 Å². The third-order valence-electron chi connectivity index (χ3n) is 3.35. The summed E-state index contributed by atoms with van der Waals surface area (Å²) < 4.78 is 5.18. The molecule has 0 saturated heterocycles. The molecule has 0 heterocycles. The summed E-state index contributed by atoms with van der Waals surface area (Å²) >= 11 is 6.01. The summed E-state index contributed by atoms with van der Waals surface area (Å²) in [5.74, 6) is 0.127. The Morgan fingerprint density at radius 3 is 2.54 bits per heavy atom. The second kappa shape index (κ2) is 8.93. The number of rotatable bonds is 7. The number of carbonyl (C=O) groups excluding carboxylic acids is 2. The SMILES string of the molecule is COc1c(Cl)cccc1NC(=O)CCCNC(=O)c1ccccc1. The molecule has 2 aromatic rings. The summed E-state index contributed by atoms with van der Waals surface area (Å²) in [6.45, 7) is 0.424. The summed E-state index contributed by atoms with van der Waals surface area (Å²) in [7, 11) is 1.50. The maximum atomic E-state index is 12.0. The van der Waals surface area contributed by atoms with Gasteiger partial charge >= 0.3 is 0 Å². The van der Waals surface area contributed by atoms with Crippen molar-refractivity contribution in [3.8, 4) is 5.75 Å². The molecule has 0 aromatic heterocycles. The summed E-state index contributed by atoms with van der Waals surface area (Å²) in [5.41, 5.74) is 1.13. The molecule has 5 nitrogen and oxygen atoms in total. The van der Waals surface area contributed by atoms with Gasteiger partial charge in [-0.3, -0.25) is 9.59 Å². The standard InChI is InChI=1S/C18H19ClN2O3/c1-24-17-14(19)9-5-10-15(17)21-16(22)11-6-12-20-18(23)13-7-3-2-4-8-13/h2-5,7-10H,6,11-12H2,1H3,(H,20,23)(H,21,22). The molecule has 0 saturated carbocycles. The Morgan fingerprint density at radius 2 is 1.83 bits per heavy atom. The first-order valence-corrected chi connectivity index (χ1v) is 7.95. The maximum Gasteiger partial charge on any atom is 0.251 e. The fourth-order valence-corrected chi connectivity index (χ4v) is 2.42. The number of anilines is 1. The average molecular weight is 347 g/mol. The van der Waals surface area contributed by atoms with Crippen LogP contribution in [0.2, 0.25) is 5.02 Å². The van der Waals surface area contributed by atoms with Crippen LogP contribution in [0.4, 0.5) is 5.69 Å². The minimum absolute atomic E-state index is 0.146. The zero-order chi connectivity index (χ0) is 17.4. The van der Waals surface area contributed by atoms with E-state index in [2.05, 4.69) is 10.6 Å². The Balaban J connectivity index is 1.76. The molecule has 0 aliphatic rings. The monoisotopic (exact) mass is 346 g/mol. The van der Waals surface area contributed by atoms with Crippen molar-refractivity contribution in [2.45, 2.75) is 12.8 Å². The molecular weight excluding hydrogens is 328 g/mol. The van der Waals surface area contributed by atoms with E-state index in [1.54, 1.807) is 42.5 Å². The van der Waals surface area contributed by atoms with Crippen molar-refractivity contribution in [3.05, 3.63) is 59.1 Å². The van der Waals surface area contributed by atoms with Crippen LogP contribution in [0.3, 0.4) is 0 Å². The minimum Gasteiger partial charge on any atom is -0.493 e. The molecule has 2 aromatic carbocycles. The molecule has 0 spiro atoms. The molecule has 0 radical (unpaired) electrons. The van der Waals surface area contributed by atoms with Crippen molar-refractivity contribution in [2.75, 3.05) is 19.0 Å². The Labute approximate surface area is 146 Å². The fourth-order valence-electron chi connectivity index (χ4n) is 2.17. The van der Waals surface area contributed by atoms with E-state index in [9.17, 15) is 9.59 Å². The molecule has 2 rings (SSSR count). The van der Waals surface area contributed by atoms with Crippen LogP contribution >= 0.6 is 11.6 Å². The Bertz CT molecular complexity index is 705. The number of carbonyl (C=O) groups is 2. The van der Waals surface area contributed by atoms with Crippen LogP contribution in [0.1, 0.15) is 23.2 Å². The number of hydrogen-bond acceptors (Lipinski definition) is 3. The fraction of sp³-hybridized carbons (Fsp3) is 0.222. The molecule has 24 heavy (non-hydrogen) atoms. The Morgan fingerprint density at radius 1 is 1.08 bits per heavy atom. The third-order valence-corrected chi connectivity index (χ3v) is 3.64. The summed E-state index contributed by atoms with van der Waals surface area (Å²) in [6.07, 6.45) is 0.817. The van der Waals surface area contributed by atoms with E-state index in [0.717, 1.165) is 0 Å². The molecule has 126 valence electrons. The van der Waals surface area contributed by atoms with Gasteiger partial charge in [0.1, 0.15) is 0 Å². The predicted molar refractivity (Wildman–Crippen MR) is 94.6 cm³/mol. The molecular formula is C18H19ClN2O3. The highest BCUT2D eigenvalue weighted by atomic mass is 35.5. The largest absolute Gasteiger partial charge is 0.493 e. The van der Waals surface area contributed by atoms with Gasteiger partial charge in [-0.25, -0.2) is 0 Å². The van der Waals surface area contributed by atoms with Crippen LogP contribution in [0.15, 0.2) is 48.5 Å². The van der Waals surface area contributed by atoms with Gasteiger partial charge in [0.2, 0.25) is 5.91 Å². The van der Waals surface area contributed by atoms with Crippen molar-refractivity contribution < 1.29 is 14.3 Å². The summed E-state index contributed by atoms with van der Waals surface area (Å²) in [6, 6.07) is 14.1. The Hall–Kier alpha value is -2.53. The quantitative estimate of drug-likeness (QED) is 0.754. The lowest BCUT2D eigenvalue weighted by molar-refractivity contribution is -0.116. The second-order valence-corrected chi connectivity index (χ2v) is 5.50. The molecule has 0 atom stereocenters. The highest BCUT2D eigenvalue weighted by Crippen LogP contribution is 2.32. The van der Waals surface area contributed by atoms with E-state index in [-0.39, 0.29) is 18.2 Å². The first-order chi connectivity index (χ1) is 11.6. The first-order valence-electron chi connectivity index (χ1n) is 7.57. The lowest BCUT2D eigenvalue weighted by Crippen LogP contribution is -2.25. The van der Waals surface area contributed by atoms with Gasteiger partial charge in [-0.1, -0.05) is 35.9 Å². The highest BCUT2D eigenvalue weighted by molar-refractivity contribution is 6.32. The van der Waals surface area contributed by atoms with Crippen LogP contribution < -0.4 is 15.4 Å². The number of benzene rings is 2. The van der Waals surface area contributed by atoms with Gasteiger partial charge in [0.15, 0.2) is 5.75 Å². The van der Waals surface area contributed by atoms with Gasteiger partial charge < -0.3 is 15.4 Å². The Kier molecular flexibility index (Phi) is 6.63. The number of para-hydroxylation sites is 1. The topological polar surface area (TPSA) is 67.4 Å². The number of hydrogen-bond donors (Lipinski definition) is 2. The zero-order valence-corrected chi connectivity index (χ0v) is 14.1. The normalized spacial score (nSPS) is 10.1. The number of methoxy groups -OCH3 is 1. The van der Waals surface area contributed by atoms with Crippen molar-refractivity contribution >= 4 is 29.1 Å². The zero-order valence-electron chi connectivity index (χ0n) is 13.3. The van der Waals surface area contributed by atoms with E-state index >= 15 is 0 Å². The van der Waals surface area contributed by atoms with Crippen LogP contribution in [0.5, 0.6) is 5.75 Å². The van der Waals surface area contributed by atoms with Gasteiger partial charge in [0.05, 0.1) is 17.8 Å². The number of halogens is 1. The predicted octanol–water partition coefficient (Wildman–Crippen LogP) is 3.50.